The maximum Gasteiger partial charge on any atom is 0.325 e. The molecule has 0 aliphatic carbocycles. The summed E-state index contributed by atoms with van der Waals surface area (Å²) in [6.07, 6.45) is 0.674. The number of amides is 1. The fourth-order valence-electron chi connectivity index (χ4n) is 1.75. The summed E-state index contributed by atoms with van der Waals surface area (Å²) >= 11 is 3.34. The first-order chi connectivity index (χ1) is 9.58. The van der Waals surface area contributed by atoms with Gasteiger partial charge in [0.1, 0.15) is 6.54 Å². The van der Waals surface area contributed by atoms with Crippen LogP contribution in [0.3, 0.4) is 0 Å². The molecule has 0 spiro atoms. The van der Waals surface area contributed by atoms with E-state index in [1.807, 2.05) is 37.3 Å². The van der Waals surface area contributed by atoms with Gasteiger partial charge in [0.2, 0.25) is 5.91 Å². The first kappa shape index (κ1) is 16.7. The Morgan fingerprint density at radius 1 is 1.25 bits per heavy atom. The molecule has 0 N–H and O–H groups in total. The van der Waals surface area contributed by atoms with Gasteiger partial charge in [-0.25, -0.2) is 0 Å². The Labute approximate surface area is 128 Å². The zero-order chi connectivity index (χ0) is 15.0. The third-order valence-corrected chi connectivity index (χ3v) is 3.82. The molecule has 110 valence electrons. The highest BCUT2D eigenvalue weighted by Crippen LogP contribution is 2.13. The number of carbonyl (C=O) groups excluding carboxylic acids is 2. The van der Waals surface area contributed by atoms with Crippen LogP contribution in [0.15, 0.2) is 30.3 Å². The molecule has 5 heteroatoms. The van der Waals surface area contributed by atoms with Gasteiger partial charge in [0, 0.05) is 6.54 Å². The van der Waals surface area contributed by atoms with Gasteiger partial charge in [-0.15, -0.1) is 0 Å². The van der Waals surface area contributed by atoms with E-state index in [4.69, 9.17) is 4.74 Å². The quantitative estimate of drug-likeness (QED) is 0.565. The second-order valence-electron chi connectivity index (χ2n) is 4.36. The molecule has 1 rings (SSSR count). The molecule has 1 unspecified atom stereocenters. The minimum atomic E-state index is -0.382. The van der Waals surface area contributed by atoms with E-state index in [0.717, 1.165) is 5.56 Å². The van der Waals surface area contributed by atoms with Crippen LogP contribution < -0.4 is 0 Å². The number of rotatable bonds is 7. The molecule has 0 bridgehead atoms. The lowest BCUT2D eigenvalue weighted by atomic mass is 10.2. The SMILES string of the molecule is CCOC(=O)CN(Cc1ccccc1)C(=O)C(Br)CC. The second kappa shape index (κ2) is 8.74. The molecule has 0 aliphatic heterocycles. The minimum Gasteiger partial charge on any atom is -0.465 e. The monoisotopic (exact) mass is 341 g/mol. The summed E-state index contributed by atoms with van der Waals surface area (Å²) in [5.74, 6) is -0.475. The summed E-state index contributed by atoms with van der Waals surface area (Å²) in [7, 11) is 0. The highest BCUT2D eigenvalue weighted by atomic mass is 79.9. The van der Waals surface area contributed by atoms with E-state index in [9.17, 15) is 9.59 Å². The standard InChI is InChI=1S/C15H20BrNO3/c1-3-13(16)15(19)17(11-14(18)20-4-2)10-12-8-6-5-7-9-12/h5-9,13H,3-4,10-11H2,1-2H3. The Balaban J connectivity index is 2.78. The van der Waals surface area contributed by atoms with E-state index < -0.39 is 0 Å². The Morgan fingerprint density at radius 3 is 2.45 bits per heavy atom. The van der Waals surface area contributed by atoms with Crippen LogP contribution in [0, 0.1) is 0 Å². The molecule has 1 aromatic carbocycles. The zero-order valence-electron chi connectivity index (χ0n) is 11.8. The summed E-state index contributed by atoms with van der Waals surface area (Å²) < 4.78 is 4.93. The molecular weight excluding hydrogens is 322 g/mol. The number of benzene rings is 1. The van der Waals surface area contributed by atoms with Crippen molar-refractivity contribution in [3.63, 3.8) is 0 Å². The van der Waals surface area contributed by atoms with E-state index in [-0.39, 0.29) is 23.2 Å². The molecule has 20 heavy (non-hydrogen) atoms. The maximum atomic E-state index is 12.3. The number of esters is 1. The van der Waals surface area contributed by atoms with Gasteiger partial charge in [-0.1, -0.05) is 53.2 Å². The topological polar surface area (TPSA) is 46.6 Å². The molecule has 1 atom stereocenters. The highest BCUT2D eigenvalue weighted by molar-refractivity contribution is 9.10. The van der Waals surface area contributed by atoms with E-state index >= 15 is 0 Å². The Bertz CT molecular complexity index is 436. The number of carbonyl (C=O) groups is 2. The zero-order valence-corrected chi connectivity index (χ0v) is 13.4. The van der Waals surface area contributed by atoms with Crippen molar-refractivity contribution < 1.29 is 14.3 Å². The predicted octanol–water partition coefficient (Wildman–Crippen LogP) is 2.75. The van der Waals surface area contributed by atoms with Crippen LogP contribution in [-0.2, 0) is 20.9 Å². The van der Waals surface area contributed by atoms with Crippen LogP contribution in [0.5, 0.6) is 0 Å². The van der Waals surface area contributed by atoms with Crippen LogP contribution >= 0.6 is 15.9 Å². The van der Waals surface area contributed by atoms with Crippen LogP contribution in [0.25, 0.3) is 0 Å². The van der Waals surface area contributed by atoms with Gasteiger partial charge in [0.05, 0.1) is 11.4 Å². The molecule has 4 nitrogen and oxygen atoms in total. The number of ether oxygens (including phenoxy) is 1. The Kier molecular flexibility index (Phi) is 7.30. The second-order valence-corrected chi connectivity index (χ2v) is 5.47. The lowest BCUT2D eigenvalue weighted by Gasteiger charge is -2.24. The Hall–Kier alpha value is -1.36. The van der Waals surface area contributed by atoms with Crippen molar-refractivity contribution in [1.29, 1.82) is 0 Å². The molecule has 1 amide bonds. The van der Waals surface area contributed by atoms with Gasteiger partial charge < -0.3 is 9.64 Å². The van der Waals surface area contributed by atoms with Crippen molar-refractivity contribution in [2.75, 3.05) is 13.2 Å². The van der Waals surface area contributed by atoms with Crippen molar-refractivity contribution in [1.82, 2.24) is 4.90 Å². The summed E-state index contributed by atoms with van der Waals surface area (Å²) in [5, 5.41) is 0. The molecule has 0 saturated heterocycles. The number of alkyl halides is 1. The maximum absolute atomic E-state index is 12.3. The number of hydrogen-bond donors (Lipinski definition) is 0. The minimum absolute atomic E-state index is 0.0241. The van der Waals surface area contributed by atoms with Gasteiger partial charge >= 0.3 is 5.97 Å². The van der Waals surface area contributed by atoms with Crippen molar-refractivity contribution in [2.24, 2.45) is 0 Å². The van der Waals surface area contributed by atoms with Crippen molar-refractivity contribution >= 4 is 27.8 Å². The lowest BCUT2D eigenvalue weighted by Crippen LogP contribution is -2.40. The van der Waals surface area contributed by atoms with Crippen molar-refractivity contribution in [3.05, 3.63) is 35.9 Å². The van der Waals surface area contributed by atoms with E-state index in [1.54, 1.807) is 6.92 Å². The lowest BCUT2D eigenvalue weighted by molar-refractivity contribution is -0.149. The van der Waals surface area contributed by atoms with Gasteiger partial charge in [0.25, 0.3) is 0 Å². The van der Waals surface area contributed by atoms with Gasteiger partial charge in [-0.3, -0.25) is 9.59 Å². The summed E-state index contributed by atoms with van der Waals surface area (Å²) in [6, 6.07) is 9.60. The Morgan fingerprint density at radius 2 is 1.90 bits per heavy atom. The fraction of sp³-hybridized carbons (Fsp3) is 0.467. The molecule has 0 radical (unpaired) electrons. The third kappa shape index (κ3) is 5.33. The molecule has 0 heterocycles. The first-order valence-corrected chi connectivity index (χ1v) is 7.62. The normalized spacial score (nSPS) is 11.8. The molecule has 0 aromatic heterocycles. The molecular formula is C15H20BrNO3. The van der Waals surface area contributed by atoms with E-state index in [1.165, 1.54) is 4.90 Å². The molecule has 0 fully saturated rings. The van der Waals surface area contributed by atoms with Gasteiger partial charge in [-0.05, 0) is 18.9 Å². The van der Waals surface area contributed by atoms with E-state index in [0.29, 0.717) is 19.6 Å². The molecule has 0 aliphatic rings. The first-order valence-electron chi connectivity index (χ1n) is 6.70. The van der Waals surface area contributed by atoms with Crippen molar-refractivity contribution in [3.8, 4) is 0 Å². The van der Waals surface area contributed by atoms with Crippen molar-refractivity contribution in [2.45, 2.75) is 31.6 Å². The molecule has 1 aromatic rings. The summed E-state index contributed by atoms with van der Waals surface area (Å²) in [4.78, 5) is 25.2. The summed E-state index contributed by atoms with van der Waals surface area (Å²) in [6.45, 7) is 4.37. The van der Waals surface area contributed by atoms with Crippen LogP contribution in [0.4, 0.5) is 0 Å². The average Bonchev–Trinajstić information content (AvgIpc) is 2.46. The van der Waals surface area contributed by atoms with Crippen LogP contribution in [-0.4, -0.2) is 34.8 Å². The number of hydrogen-bond acceptors (Lipinski definition) is 3. The smallest absolute Gasteiger partial charge is 0.325 e. The molecule has 0 saturated carbocycles. The van der Waals surface area contributed by atoms with Crippen LogP contribution in [0.2, 0.25) is 0 Å². The van der Waals surface area contributed by atoms with Gasteiger partial charge in [-0.2, -0.15) is 0 Å². The number of nitrogens with zero attached hydrogens (tertiary/aromatic N) is 1. The van der Waals surface area contributed by atoms with Gasteiger partial charge in [0.15, 0.2) is 0 Å². The average molecular weight is 342 g/mol. The summed E-state index contributed by atoms with van der Waals surface area (Å²) in [5.41, 5.74) is 0.987. The third-order valence-electron chi connectivity index (χ3n) is 2.78. The fourth-order valence-corrected chi connectivity index (χ4v) is 2.04. The van der Waals surface area contributed by atoms with E-state index in [2.05, 4.69) is 15.9 Å². The number of halogens is 1. The van der Waals surface area contributed by atoms with Crippen LogP contribution in [0.1, 0.15) is 25.8 Å². The highest BCUT2D eigenvalue weighted by Gasteiger charge is 2.23. The largest absolute Gasteiger partial charge is 0.465 e. The predicted molar refractivity (Wildman–Crippen MR) is 81.5 cm³/mol.